The van der Waals surface area contributed by atoms with Crippen LogP contribution in [0.4, 0.5) is 0 Å². The first kappa shape index (κ1) is 12.4. The van der Waals surface area contributed by atoms with Gasteiger partial charge in [0.05, 0.1) is 12.5 Å². The van der Waals surface area contributed by atoms with Crippen LogP contribution in [0.25, 0.3) is 21.9 Å². The standard InChI is InChI=1S/C19H15N/c1-14-17-8-4-2-6-15(17)10-11-18(14)19-9-5-3-7-16(19)12-13-20/h2-11H,12H2,1H3. The summed E-state index contributed by atoms with van der Waals surface area (Å²) in [6.45, 7) is 2.15. The Bertz CT molecular complexity index is 809. The van der Waals surface area contributed by atoms with Crippen LogP contribution in [0.2, 0.25) is 0 Å². The third kappa shape index (κ3) is 2.06. The Morgan fingerprint density at radius 2 is 1.60 bits per heavy atom. The van der Waals surface area contributed by atoms with Gasteiger partial charge in [-0.25, -0.2) is 0 Å². The maximum absolute atomic E-state index is 8.98. The fraction of sp³-hybridized carbons (Fsp3) is 0.105. The number of nitriles is 1. The number of fused-ring (bicyclic) bond motifs is 1. The third-order valence-corrected chi connectivity index (χ3v) is 3.78. The molecule has 0 saturated heterocycles. The zero-order valence-corrected chi connectivity index (χ0v) is 11.4. The smallest absolute Gasteiger partial charge is 0.0669 e. The van der Waals surface area contributed by atoms with Crippen LogP contribution in [0.5, 0.6) is 0 Å². The van der Waals surface area contributed by atoms with Crippen LogP contribution in [-0.4, -0.2) is 0 Å². The minimum Gasteiger partial charge on any atom is -0.198 e. The van der Waals surface area contributed by atoms with Crippen molar-refractivity contribution in [2.45, 2.75) is 13.3 Å². The van der Waals surface area contributed by atoms with E-state index in [9.17, 15) is 0 Å². The number of benzene rings is 3. The van der Waals surface area contributed by atoms with Crippen LogP contribution >= 0.6 is 0 Å². The topological polar surface area (TPSA) is 23.8 Å². The Kier molecular flexibility index (Phi) is 3.23. The molecule has 3 rings (SSSR count). The highest BCUT2D eigenvalue weighted by atomic mass is 14.2. The number of aryl methyl sites for hydroxylation is 1. The molecule has 0 amide bonds. The fourth-order valence-corrected chi connectivity index (χ4v) is 2.74. The lowest BCUT2D eigenvalue weighted by molar-refractivity contribution is 1.26. The summed E-state index contributed by atoms with van der Waals surface area (Å²) in [5, 5.41) is 11.5. The van der Waals surface area contributed by atoms with Gasteiger partial charge in [0, 0.05) is 0 Å². The second kappa shape index (κ2) is 5.19. The largest absolute Gasteiger partial charge is 0.198 e. The van der Waals surface area contributed by atoms with Gasteiger partial charge in [-0.3, -0.25) is 0 Å². The van der Waals surface area contributed by atoms with E-state index in [0.717, 1.165) is 11.1 Å². The summed E-state index contributed by atoms with van der Waals surface area (Å²) >= 11 is 0. The van der Waals surface area contributed by atoms with E-state index in [4.69, 9.17) is 5.26 Å². The van der Waals surface area contributed by atoms with E-state index < -0.39 is 0 Å². The molecule has 0 spiro atoms. The van der Waals surface area contributed by atoms with Gasteiger partial charge in [-0.05, 0) is 39.9 Å². The molecule has 0 saturated carbocycles. The Morgan fingerprint density at radius 3 is 2.45 bits per heavy atom. The first-order valence-electron chi connectivity index (χ1n) is 6.75. The molecule has 3 aromatic carbocycles. The highest BCUT2D eigenvalue weighted by molar-refractivity contribution is 5.92. The van der Waals surface area contributed by atoms with E-state index in [0.29, 0.717) is 6.42 Å². The van der Waals surface area contributed by atoms with E-state index >= 15 is 0 Å². The second-order valence-corrected chi connectivity index (χ2v) is 4.95. The van der Waals surface area contributed by atoms with Crippen LogP contribution in [-0.2, 0) is 6.42 Å². The minimum absolute atomic E-state index is 0.447. The lowest BCUT2D eigenvalue weighted by Crippen LogP contribution is -1.91. The van der Waals surface area contributed by atoms with Gasteiger partial charge in [0.25, 0.3) is 0 Å². The average Bonchev–Trinajstić information content (AvgIpc) is 2.49. The normalized spacial score (nSPS) is 10.4. The van der Waals surface area contributed by atoms with Gasteiger partial charge in [0.2, 0.25) is 0 Å². The van der Waals surface area contributed by atoms with Crippen molar-refractivity contribution < 1.29 is 0 Å². The molecule has 0 unspecified atom stereocenters. The molecule has 0 aliphatic heterocycles. The SMILES string of the molecule is Cc1c(-c2ccccc2CC#N)ccc2ccccc12. The fourth-order valence-electron chi connectivity index (χ4n) is 2.74. The van der Waals surface area contributed by atoms with Crippen molar-refractivity contribution in [2.75, 3.05) is 0 Å². The van der Waals surface area contributed by atoms with Crippen molar-refractivity contribution >= 4 is 10.8 Å². The Morgan fingerprint density at radius 1 is 0.850 bits per heavy atom. The van der Waals surface area contributed by atoms with E-state index in [1.807, 2.05) is 18.2 Å². The molecule has 0 aromatic heterocycles. The monoisotopic (exact) mass is 257 g/mol. The van der Waals surface area contributed by atoms with Crippen molar-refractivity contribution in [3.63, 3.8) is 0 Å². The van der Waals surface area contributed by atoms with Crippen molar-refractivity contribution in [1.82, 2.24) is 0 Å². The Labute approximate surface area is 119 Å². The predicted octanol–water partition coefficient (Wildman–Crippen LogP) is 4.88. The molecule has 0 bridgehead atoms. The van der Waals surface area contributed by atoms with Crippen molar-refractivity contribution in [3.8, 4) is 17.2 Å². The number of hydrogen-bond acceptors (Lipinski definition) is 1. The molecule has 0 aliphatic rings. The number of rotatable bonds is 2. The summed E-state index contributed by atoms with van der Waals surface area (Å²) in [6.07, 6.45) is 0.447. The summed E-state index contributed by atoms with van der Waals surface area (Å²) in [4.78, 5) is 0. The van der Waals surface area contributed by atoms with Gasteiger partial charge in [0.15, 0.2) is 0 Å². The maximum Gasteiger partial charge on any atom is 0.0669 e. The van der Waals surface area contributed by atoms with Crippen LogP contribution in [0.15, 0.2) is 60.7 Å². The van der Waals surface area contributed by atoms with Crippen LogP contribution in [0, 0.1) is 18.3 Å². The molecule has 1 heteroatoms. The molecule has 0 N–H and O–H groups in total. The Balaban J connectivity index is 2.26. The highest BCUT2D eigenvalue weighted by Crippen LogP contribution is 2.31. The van der Waals surface area contributed by atoms with Crippen LogP contribution < -0.4 is 0 Å². The summed E-state index contributed by atoms with van der Waals surface area (Å²) in [5.74, 6) is 0. The zero-order chi connectivity index (χ0) is 13.9. The highest BCUT2D eigenvalue weighted by Gasteiger charge is 2.09. The van der Waals surface area contributed by atoms with Crippen LogP contribution in [0.3, 0.4) is 0 Å². The minimum atomic E-state index is 0.447. The third-order valence-electron chi connectivity index (χ3n) is 3.78. The molecule has 0 heterocycles. The van der Waals surface area contributed by atoms with Gasteiger partial charge < -0.3 is 0 Å². The molecule has 0 fully saturated rings. The van der Waals surface area contributed by atoms with E-state index in [2.05, 4.69) is 55.5 Å². The quantitative estimate of drug-likeness (QED) is 0.641. The van der Waals surface area contributed by atoms with Gasteiger partial charge >= 0.3 is 0 Å². The molecule has 20 heavy (non-hydrogen) atoms. The zero-order valence-electron chi connectivity index (χ0n) is 11.4. The van der Waals surface area contributed by atoms with Gasteiger partial charge in [-0.1, -0.05) is 60.7 Å². The molecular formula is C19H15N. The van der Waals surface area contributed by atoms with E-state index in [1.54, 1.807) is 0 Å². The molecule has 3 aromatic rings. The summed E-state index contributed by atoms with van der Waals surface area (Å²) in [7, 11) is 0. The lowest BCUT2D eigenvalue weighted by Gasteiger charge is -2.12. The van der Waals surface area contributed by atoms with Crippen molar-refractivity contribution in [2.24, 2.45) is 0 Å². The summed E-state index contributed by atoms with van der Waals surface area (Å²) in [5.41, 5.74) is 4.74. The predicted molar refractivity (Wildman–Crippen MR) is 83.4 cm³/mol. The van der Waals surface area contributed by atoms with Gasteiger partial charge in [0.1, 0.15) is 0 Å². The van der Waals surface area contributed by atoms with E-state index in [1.165, 1.54) is 21.9 Å². The maximum atomic E-state index is 8.98. The summed E-state index contributed by atoms with van der Waals surface area (Å²) < 4.78 is 0. The number of hydrogen-bond donors (Lipinski definition) is 0. The molecule has 0 atom stereocenters. The van der Waals surface area contributed by atoms with E-state index in [-0.39, 0.29) is 0 Å². The van der Waals surface area contributed by atoms with Crippen LogP contribution in [0.1, 0.15) is 11.1 Å². The average molecular weight is 257 g/mol. The lowest BCUT2D eigenvalue weighted by atomic mass is 9.91. The van der Waals surface area contributed by atoms with Crippen molar-refractivity contribution in [1.29, 1.82) is 5.26 Å². The van der Waals surface area contributed by atoms with Crippen molar-refractivity contribution in [3.05, 3.63) is 71.8 Å². The number of nitrogens with zero attached hydrogens (tertiary/aromatic N) is 1. The molecule has 0 radical (unpaired) electrons. The second-order valence-electron chi connectivity index (χ2n) is 4.95. The molecule has 0 aliphatic carbocycles. The van der Waals surface area contributed by atoms with Gasteiger partial charge in [-0.15, -0.1) is 0 Å². The molecular weight excluding hydrogens is 242 g/mol. The summed E-state index contributed by atoms with van der Waals surface area (Å²) in [6, 6.07) is 23.1. The Hall–Kier alpha value is -2.59. The molecule has 1 nitrogen and oxygen atoms in total. The first-order valence-corrected chi connectivity index (χ1v) is 6.75. The van der Waals surface area contributed by atoms with Gasteiger partial charge in [-0.2, -0.15) is 5.26 Å². The molecule has 96 valence electrons. The first-order chi connectivity index (χ1) is 9.81.